The van der Waals surface area contributed by atoms with Gasteiger partial charge in [-0.05, 0) is 19.3 Å². The van der Waals surface area contributed by atoms with E-state index in [0.29, 0.717) is 11.6 Å². The van der Waals surface area contributed by atoms with Crippen molar-refractivity contribution in [2.75, 3.05) is 11.5 Å². The standard InChI is InChI=1S/C11H18N4O2S/c12-9-3-4-15-10(6-9)13-11(14-15)8-2-1-5-18(16,17)7-8/h8-9H,1-7,12H2. The number of sulfone groups is 1. The molecule has 0 amide bonds. The lowest BCUT2D eigenvalue weighted by Gasteiger charge is -2.18. The van der Waals surface area contributed by atoms with Gasteiger partial charge in [-0.3, -0.25) is 0 Å². The summed E-state index contributed by atoms with van der Waals surface area (Å²) in [6.07, 6.45) is 3.25. The Bertz CT molecular complexity index is 551. The van der Waals surface area contributed by atoms with Crippen molar-refractivity contribution in [2.45, 2.75) is 44.2 Å². The Morgan fingerprint density at radius 3 is 2.94 bits per heavy atom. The molecule has 3 rings (SSSR count). The fourth-order valence-corrected chi connectivity index (χ4v) is 4.45. The molecule has 0 aliphatic carbocycles. The Hall–Kier alpha value is -0.950. The van der Waals surface area contributed by atoms with E-state index in [2.05, 4.69) is 10.1 Å². The molecule has 1 aromatic rings. The van der Waals surface area contributed by atoms with E-state index >= 15 is 0 Å². The van der Waals surface area contributed by atoms with E-state index in [1.807, 2.05) is 4.68 Å². The van der Waals surface area contributed by atoms with Crippen LogP contribution in [0.4, 0.5) is 0 Å². The summed E-state index contributed by atoms with van der Waals surface area (Å²) in [6, 6.07) is 0.157. The number of nitrogens with two attached hydrogens (primary N) is 1. The fraction of sp³-hybridized carbons (Fsp3) is 0.818. The van der Waals surface area contributed by atoms with E-state index in [-0.39, 0.29) is 17.7 Å². The van der Waals surface area contributed by atoms with Gasteiger partial charge in [0.1, 0.15) is 5.82 Å². The maximum atomic E-state index is 11.6. The summed E-state index contributed by atoms with van der Waals surface area (Å²) in [6.45, 7) is 0.795. The Labute approximate surface area is 106 Å². The van der Waals surface area contributed by atoms with Gasteiger partial charge in [0.05, 0.1) is 11.5 Å². The molecule has 1 aromatic heterocycles. The number of nitrogens with zero attached hydrogens (tertiary/aromatic N) is 3. The molecule has 2 aliphatic heterocycles. The molecule has 100 valence electrons. The van der Waals surface area contributed by atoms with E-state index in [0.717, 1.165) is 38.1 Å². The highest BCUT2D eigenvalue weighted by Crippen LogP contribution is 2.27. The molecule has 7 heteroatoms. The first-order valence-corrected chi connectivity index (χ1v) is 8.25. The monoisotopic (exact) mass is 270 g/mol. The number of aromatic nitrogens is 3. The summed E-state index contributed by atoms with van der Waals surface area (Å²) >= 11 is 0. The second-order valence-electron chi connectivity index (χ2n) is 5.32. The predicted molar refractivity (Wildman–Crippen MR) is 66.9 cm³/mol. The predicted octanol–water partition coefficient (Wildman–Crippen LogP) is -0.156. The smallest absolute Gasteiger partial charge is 0.155 e. The highest BCUT2D eigenvalue weighted by Gasteiger charge is 2.30. The molecule has 3 heterocycles. The van der Waals surface area contributed by atoms with Crippen LogP contribution in [-0.2, 0) is 22.8 Å². The molecule has 0 bridgehead atoms. The van der Waals surface area contributed by atoms with Crippen LogP contribution in [0.3, 0.4) is 0 Å². The van der Waals surface area contributed by atoms with E-state index in [4.69, 9.17) is 5.73 Å². The SMILES string of the molecule is NC1CCn2nc(C3CCCS(=O)(=O)C3)nc2C1. The van der Waals surface area contributed by atoms with Crippen LogP contribution < -0.4 is 5.73 Å². The number of hydrogen-bond donors (Lipinski definition) is 1. The zero-order valence-electron chi connectivity index (χ0n) is 10.2. The van der Waals surface area contributed by atoms with E-state index in [9.17, 15) is 8.42 Å². The highest BCUT2D eigenvalue weighted by atomic mass is 32.2. The Balaban J connectivity index is 1.85. The van der Waals surface area contributed by atoms with Crippen molar-refractivity contribution in [2.24, 2.45) is 5.73 Å². The van der Waals surface area contributed by atoms with Crippen molar-refractivity contribution < 1.29 is 8.42 Å². The highest BCUT2D eigenvalue weighted by molar-refractivity contribution is 7.91. The third-order valence-electron chi connectivity index (χ3n) is 3.75. The minimum atomic E-state index is -2.91. The summed E-state index contributed by atoms with van der Waals surface area (Å²) in [5.74, 6) is 2.08. The molecule has 0 spiro atoms. The van der Waals surface area contributed by atoms with Gasteiger partial charge in [0.15, 0.2) is 15.7 Å². The lowest BCUT2D eigenvalue weighted by molar-refractivity contribution is 0.430. The van der Waals surface area contributed by atoms with Gasteiger partial charge in [-0.25, -0.2) is 18.1 Å². The zero-order valence-corrected chi connectivity index (χ0v) is 11.1. The third-order valence-corrected chi connectivity index (χ3v) is 5.57. The van der Waals surface area contributed by atoms with Gasteiger partial charge >= 0.3 is 0 Å². The lowest BCUT2D eigenvalue weighted by atomic mass is 10.1. The molecule has 18 heavy (non-hydrogen) atoms. The zero-order chi connectivity index (χ0) is 12.8. The normalized spacial score (nSPS) is 30.9. The molecule has 2 aliphatic rings. The fourth-order valence-electron chi connectivity index (χ4n) is 2.75. The van der Waals surface area contributed by atoms with Crippen LogP contribution in [0.25, 0.3) is 0 Å². The number of aryl methyl sites for hydroxylation is 1. The van der Waals surface area contributed by atoms with Crippen LogP contribution in [0, 0.1) is 0 Å². The molecule has 0 saturated carbocycles. The second kappa shape index (κ2) is 4.31. The minimum absolute atomic E-state index is 0.0296. The largest absolute Gasteiger partial charge is 0.327 e. The van der Waals surface area contributed by atoms with Crippen molar-refractivity contribution in [1.29, 1.82) is 0 Å². The summed E-state index contributed by atoms with van der Waals surface area (Å²) < 4.78 is 25.2. The molecule has 2 unspecified atom stereocenters. The van der Waals surface area contributed by atoms with Crippen molar-refractivity contribution >= 4 is 9.84 Å². The summed E-state index contributed by atoms with van der Waals surface area (Å²) in [7, 11) is -2.91. The molecular formula is C11H18N4O2S. The average molecular weight is 270 g/mol. The van der Waals surface area contributed by atoms with Crippen LogP contribution in [0.15, 0.2) is 0 Å². The van der Waals surface area contributed by atoms with Crippen LogP contribution in [0.5, 0.6) is 0 Å². The van der Waals surface area contributed by atoms with Crippen molar-refractivity contribution in [1.82, 2.24) is 14.8 Å². The first-order chi connectivity index (χ1) is 8.53. The van der Waals surface area contributed by atoms with Gasteiger partial charge in [-0.2, -0.15) is 5.10 Å². The first-order valence-electron chi connectivity index (χ1n) is 6.43. The van der Waals surface area contributed by atoms with Crippen LogP contribution in [-0.4, -0.2) is 40.7 Å². The van der Waals surface area contributed by atoms with Gasteiger partial charge in [-0.1, -0.05) is 0 Å². The summed E-state index contributed by atoms with van der Waals surface area (Å²) in [4.78, 5) is 4.50. The van der Waals surface area contributed by atoms with Gasteiger partial charge in [0.25, 0.3) is 0 Å². The van der Waals surface area contributed by atoms with Crippen molar-refractivity contribution in [3.05, 3.63) is 11.6 Å². The maximum absolute atomic E-state index is 11.6. The lowest BCUT2D eigenvalue weighted by Crippen LogP contribution is -2.31. The maximum Gasteiger partial charge on any atom is 0.155 e. The van der Waals surface area contributed by atoms with E-state index in [1.54, 1.807) is 0 Å². The Kier molecular flexibility index (Phi) is 2.90. The van der Waals surface area contributed by atoms with Gasteiger partial charge < -0.3 is 5.73 Å². The summed E-state index contributed by atoms with van der Waals surface area (Å²) in [5, 5.41) is 4.46. The average Bonchev–Trinajstić information content (AvgIpc) is 2.70. The van der Waals surface area contributed by atoms with E-state index < -0.39 is 9.84 Å². The van der Waals surface area contributed by atoms with Crippen LogP contribution in [0.1, 0.15) is 36.8 Å². The molecule has 1 fully saturated rings. The van der Waals surface area contributed by atoms with Crippen molar-refractivity contribution in [3.8, 4) is 0 Å². The summed E-state index contributed by atoms with van der Waals surface area (Å²) in [5.41, 5.74) is 5.90. The topological polar surface area (TPSA) is 90.9 Å². The third kappa shape index (κ3) is 2.29. The number of fused-ring (bicyclic) bond motifs is 1. The van der Waals surface area contributed by atoms with E-state index in [1.165, 1.54) is 0 Å². The molecular weight excluding hydrogens is 252 g/mol. The Morgan fingerprint density at radius 1 is 1.33 bits per heavy atom. The second-order valence-corrected chi connectivity index (χ2v) is 7.54. The minimum Gasteiger partial charge on any atom is -0.327 e. The van der Waals surface area contributed by atoms with Crippen molar-refractivity contribution in [3.63, 3.8) is 0 Å². The molecule has 2 N–H and O–H groups in total. The van der Waals surface area contributed by atoms with Crippen LogP contribution >= 0.6 is 0 Å². The Morgan fingerprint density at radius 2 is 2.17 bits per heavy atom. The molecule has 2 atom stereocenters. The molecule has 0 radical (unpaired) electrons. The number of rotatable bonds is 1. The molecule has 6 nitrogen and oxygen atoms in total. The van der Waals surface area contributed by atoms with Gasteiger partial charge in [0.2, 0.25) is 0 Å². The quantitative estimate of drug-likeness (QED) is 0.766. The molecule has 1 saturated heterocycles. The van der Waals surface area contributed by atoms with Gasteiger partial charge in [0, 0.05) is 24.9 Å². The van der Waals surface area contributed by atoms with Gasteiger partial charge in [-0.15, -0.1) is 0 Å². The van der Waals surface area contributed by atoms with Crippen LogP contribution in [0.2, 0.25) is 0 Å². The number of hydrogen-bond acceptors (Lipinski definition) is 5. The molecule has 0 aromatic carbocycles. The first kappa shape index (κ1) is 12.1.